The van der Waals surface area contributed by atoms with Gasteiger partial charge < -0.3 is 19.6 Å². The fourth-order valence-corrected chi connectivity index (χ4v) is 13.3. The molecule has 0 unspecified atom stereocenters. The predicted molar refractivity (Wildman–Crippen MR) is 375 cm³/mol. The van der Waals surface area contributed by atoms with Crippen molar-refractivity contribution in [3.05, 3.63) is 365 Å². The average Bonchev–Trinajstić information content (AvgIpc) is 0.672. The molecule has 0 atom stereocenters. The maximum absolute atomic E-state index is 4.97. The van der Waals surface area contributed by atoms with Crippen molar-refractivity contribution in [3.63, 3.8) is 0 Å². The summed E-state index contributed by atoms with van der Waals surface area (Å²) in [6.07, 6.45) is 0. The summed E-state index contributed by atoms with van der Waals surface area (Å²) >= 11 is 0. The van der Waals surface area contributed by atoms with E-state index in [2.05, 4.69) is 374 Å². The number of benzene rings is 12. The van der Waals surface area contributed by atoms with Crippen molar-refractivity contribution in [2.45, 2.75) is 38.5 Å². The predicted octanol–water partition coefficient (Wildman–Crippen LogP) is 21.4. The normalized spacial score (nSPS) is 13.0. The van der Waals surface area contributed by atoms with E-state index in [0.717, 1.165) is 113 Å². The molecule has 0 saturated heterocycles. The van der Waals surface area contributed by atoms with Gasteiger partial charge in [0, 0.05) is 107 Å². The van der Waals surface area contributed by atoms with Gasteiger partial charge in [0.1, 0.15) is 0 Å². The minimum atomic E-state index is -0.453. The van der Waals surface area contributed by atoms with Gasteiger partial charge in [0.2, 0.25) is 0 Å². The maximum Gasteiger partial charge on any atom is 0.0582 e. The lowest BCUT2D eigenvalue weighted by molar-refractivity contribution is 0.595. The Morgan fingerprint density at radius 1 is 0.256 bits per heavy atom. The Morgan fingerprint density at radius 3 is 0.722 bits per heavy atom. The second-order valence-corrected chi connectivity index (χ2v) is 24.2. The van der Waals surface area contributed by atoms with Gasteiger partial charge in [-0.1, -0.05) is 179 Å². The second-order valence-electron chi connectivity index (χ2n) is 24.2. The van der Waals surface area contributed by atoms with Crippen LogP contribution < -0.4 is 19.6 Å². The van der Waals surface area contributed by atoms with Gasteiger partial charge in [-0.3, -0.25) is 0 Å². The SMILES string of the molecule is C=C1c2cc(C#Cc3ccc(N(c4ccccc4)c4ccccc4)cc3)cc3c2N2c4c1cc(C#Cc1ccc(N(c5ccccc5)c5ccccc5)cc1)cc4C(C)(C)c1cc(C#Cc4ccc(N(c5ccccc5)c5ccccc5)cc4)cc(c12)C3(C)C. The lowest BCUT2D eigenvalue weighted by Crippen LogP contribution is -2.40. The molecule has 4 heteroatoms. The molecule has 12 aromatic rings. The van der Waals surface area contributed by atoms with Gasteiger partial charge in [-0.15, -0.1) is 0 Å². The van der Waals surface area contributed by atoms with E-state index in [0.29, 0.717) is 0 Å². The van der Waals surface area contributed by atoms with Crippen LogP contribution in [0.3, 0.4) is 0 Å². The highest BCUT2D eigenvalue weighted by atomic mass is 15.2. The summed E-state index contributed by atoms with van der Waals surface area (Å²) < 4.78 is 0. The third kappa shape index (κ3) is 9.86. The van der Waals surface area contributed by atoms with Crippen LogP contribution in [0.1, 0.15) is 94.5 Å². The van der Waals surface area contributed by atoms with E-state index in [1.165, 1.54) is 27.9 Å². The van der Waals surface area contributed by atoms with Gasteiger partial charge in [-0.05, 0) is 210 Å². The van der Waals surface area contributed by atoms with Crippen molar-refractivity contribution in [2.75, 3.05) is 19.6 Å². The van der Waals surface area contributed by atoms with Crippen LogP contribution in [0.2, 0.25) is 0 Å². The van der Waals surface area contributed by atoms with Crippen LogP contribution in [-0.4, -0.2) is 0 Å². The molecule has 12 aromatic carbocycles. The largest absolute Gasteiger partial charge is 0.311 e. The van der Waals surface area contributed by atoms with Crippen LogP contribution in [0.25, 0.3) is 5.57 Å². The Kier molecular flexibility index (Phi) is 13.7. The molecule has 0 fully saturated rings. The monoisotopic (exact) mass is 1150 g/mol. The zero-order valence-electron chi connectivity index (χ0n) is 50.7. The minimum Gasteiger partial charge on any atom is -0.311 e. The first kappa shape index (κ1) is 54.9. The first-order chi connectivity index (χ1) is 44.0. The van der Waals surface area contributed by atoms with Crippen molar-refractivity contribution >= 4 is 73.8 Å². The van der Waals surface area contributed by atoms with E-state index in [-0.39, 0.29) is 0 Å². The highest BCUT2D eigenvalue weighted by Crippen LogP contribution is 2.65. The summed E-state index contributed by atoms with van der Waals surface area (Å²) in [5.74, 6) is 21.8. The number of hydrogen-bond acceptors (Lipinski definition) is 4. The van der Waals surface area contributed by atoms with Crippen molar-refractivity contribution in [1.29, 1.82) is 0 Å². The molecule has 15 rings (SSSR count). The van der Waals surface area contributed by atoms with Gasteiger partial charge in [0.05, 0.1) is 17.1 Å². The number of nitrogens with zero attached hydrogens (tertiary/aromatic N) is 4. The third-order valence-corrected chi connectivity index (χ3v) is 17.9. The van der Waals surface area contributed by atoms with Crippen LogP contribution in [-0.2, 0) is 10.8 Å². The molecule has 0 saturated carbocycles. The molecule has 3 aliphatic rings. The van der Waals surface area contributed by atoms with E-state index in [4.69, 9.17) is 6.58 Å². The molecule has 3 aliphatic heterocycles. The molecule has 0 N–H and O–H groups in total. The molecular formula is C86H62N4. The Labute approximate surface area is 528 Å². The zero-order valence-corrected chi connectivity index (χ0v) is 50.7. The number of rotatable bonds is 9. The topological polar surface area (TPSA) is 13.0 Å². The van der Waals surface area contributed by atoms with Crippen LogP contribution in [0.15, 0.2) is 298 Å². The summed E-state index contributed by atoms with van der Waals surface area (Å²) in [6, 6.07) is 103. The average molecular weight is 1150 g/mol. The van der Waals surface area contributed by atoms with E-state index >= 15 is 0 Å². The first-order valence-electron chi connectivity index (χ1n) is 30.7. The van der Waals surface area contributed by atoms with Crippen LogP contribution >= 0.6 is 0 Å². The Balaban J connectivity index is 0.833. The van der Waals surface area contributed by atoms with Crippen LogP contribution in [0, 0.1) is 35.5 Å². The lowest BCUT2D eigenvalue weighted by Gasteiger charge is -2.52. The highest BCUT2D eigenvalue weighted by Gasteiger charge is 2.49. The molecule has 0 amide bonds. The number of hydrogen-bond donors (Lipinski definition) is 0. The quantitative estimate of drug-likeness (QED) is 0.134. The van der Waals surface area contributed by atoms with Gasteiger partial charge in [-0.25, -0.2) is 0 Å². The minimum absolute atomic E-state index is 0.453. The van der Waals surface area contributed by atoms with E-state index in [1.54, 1.807) is 0 Å². The number of para-hydroxylation sites is 6. The fourth-order valence-electron chi connectivity index (χ4n) is 13.3. The van der Waals surface area contributed by atoms with Crippen LogP contribution in [0.5, 0.6) is 0 Å². The summed E-state index contributed by atoms with van der Waals surface area (Å²) in [5, 5.41) is 0. The van der Waals surface area contributed by atoms with Crippen molar-refractivity contribution in [2.24, 2.45) is 0 Å². The Morgan fingerprint density at radius 2 is 0.467 bits per heavy atom. The number of anilines is 12. The maximum atomic E-state index is 4.97. The second kappa shape index (κ2) is 22.5. The molecule has 4 nitrogen and oxygen atoms in total. The molecule has 3 heterocycles. The van der Waals surface area contributed by atoms with Gasteiger partial charge in [0.25, 0.3) is 0 Å². The molecule has 0 radical (unpaired) electrons. The molecule has 90 heavy (non-hydrogen) atoms. The molecular weight excluding hydrogens is 1090 g/mol. The molecule has 0 aliphatic carbocycles. The highest BCUT2D eigenvalue weighted by molar-refractivity contribution is 6.08. The fraction of sp³-hybridized carbons (Fsp3) is 0.0698. The summed E-state index contributed by atoms with van der Waals surface area (Å²) in [4.78, 5) is 9.37. The van der Waals surface area contributed by atoms with Gasteiger partial charge in [0.15, 0.2) is 0 Å². The standard InChI is InChI=1S/C86H62N4/c1-60-76-54-64(39-36-61-42-48-73(49-43-61)87(67-24-12-6-13-25-67)68-26-14-7-15-27-68)56-78-82(76)90-83-77(60)55-65(40-37-62-44-50-74(51-45-62)88(69-28-16-8-17-29-69)70-30-18-9-19-31-70)57-79(83)86(4,5)81-59-66(58-80(84(81)90)85(78,2)3)41-38-63-46-52-75(53-47-63)89(71-32-20-10-21-33-71)72-34-22-11-23-35-72/h6-35,42-59H,1H2,2-5H3. The summed E-state index contributed by atoms with van der Waals surface area (Å²) in [7, 11) is 0. The van der Waals surface area contributed by atoms with Gasteiger partial charge in [-0.2, -0.15) is 0 Å². The zero-order chi connectivity index (χ0) is 60.9. The van der Waals surface area contributed by atoms with Crippen molar-refractivity contribution < 1.29 is 0 Å². The Bertz CT molecular complexity index is 4570. The summed E-state index contributed by atoms with van der Waals surface area (Å²) in [5.41, 5.74) is 25.9. The van der Waals surface area contributed by atoms with Crippen molar-refractivity contribution in [1.82, 2.24) is 0 Å². The third-order valence-electron chi connectivity index (χ3n) is 17.9. The van der Waals surface area contributed by atoms with Crippen LogP contribution in [0.4, 0.5) is 68.2 Å². The lowest BCUT2D eigenvalue weighted by atomic mass is 9.63. The van der Waals surface area contributed by atoms with Gasteiger partial charge >= 0.3 is 0 Å². The summed E-state index contributed by atoms with van der Waals surface area (Å²) in [6.45, 7) is 14.4. The van der Waals surface area contributed by atoms with E-state index in [1.807, 2.05) is 0 Å². The Hall–Kier alpha value is -11.7. The molecule has 0 spiro atoms. The molecule has 0 aromatic heterocycles. The van der Waals surface area contributed by atoms with E-state index in [9.17, 15) is 0 Å². The van der Waals surface area contributed by atoms with E-state index < -0.39 is 10.8 Å². The smallest absolute Gasteiger partial charge is 0.0582 e. The molecule has 426 valence electrons. The van der Waals surface area contributed by atoms with Crippen molar-refractivity contribution in [3.8, 4) is 35.5 Å². The molecule has 0 bridgehead atoms. The first-order valence-corrected chi connectivity index (χ1v) is 30.7.